The van der Waals surface area contributed by atoms with Gasteiger partial charge in [0.2, 0.25) is 5.91 Å². The predicted molar refractivity (Wildman–Crippen MR) is 114 cm³/mol. The highest BCUT2D eigenvalue weighted by molar-refractivity contribution is 5.86. The minimum Gasteiger partial charge on any atom is -0.353 e. The fraction of sp³-hybridized carbons (Fsp3) is 0.650. The molecule has 150 valence electrons. The van der Waals surface area contributed by atoms with Crippen LogP contribution in [-0.4, -0.2) is 23.5 Å². The number of carbonyl (C=O) groups excluding carboxylic acids is 1. The van der Waals surface area contributed by atoms with Crippen LogP contribution in [0.15, 0.2) is 30.3 Å². The third-order valence-corrected chi connectivity index (χ3v) is 5.71. The molecule has 4 N–H and O–H groups in total. The number of hydrogen-bond donors (Lipinski definition) is 3. The van der Waals surface area contributed by atoms with E-state index in [1.54, 1.807) is 0 Å². The van der Waals surface area contributed by atoms with Gasteiger partial charge in [-0.25, -0.2) is 0 Å². The summed E-state index contributed by atoms with van der Waals surface area (Å²) in [6, 6.07) is 10.7. The Bertz CT molecular complexity index is 529. The van der Waals surface area contributed by atoms with Gasteiger partial charge in [0, 0.05) is 18.1 Å². The lowest BCUT2D eigenvalue weighted by molar-refractivity contribution is -0.126. The van der Waals surface area contributed by atoms with Gasteiger partial charge < -0.3 is 16.4 Å². The number of amides is 1. The van der Waals surface area contributed by atoms with E-state index in [4.69, 9.17) is 5.73 Å². The van der Waals surface area contributed by atoms with Crippen molar-refractivity contribution in [2.75, 3.05) is 6.54 Å². The maximum atomic E-state index is 12.5. The Morgan fingerprint density at radius 1 is 1.15 bits per heavy atom. The molecule has 6 heteroatoms. The van der Waals surface area contributed by atoms with Gasteiger partial charge in [0.25, 0.3) is 0 Å². The quantitative estimate of drug-likeness (QED) is 0.610. The summed E-state index contributed by atoms with van der Waals surface area (Å²) in [5.41, 5.74) is 6.77. The Kier molecular flexibility index (Phi) is 10.8. The molecule has 1 aromatic carbocycles. The molecule has 1 unspecified atom stereocenters. The Balaban J connectivity index is 0.00000312. The lowest BCUT2D eigenvalue weighted by Crippen LogP contribution is -2.58. The van der Waals surface area contributed by atoms with Crippen molar-refractivity contribution in [3.05, 3.63) is 35.9 Å². The molecule has 1 saturated carbocycles. The van der Waals surface area contributed by atoms with Crippen LogP contribution in [0.2, 0.25) is 0 Å². The largest absolute Gasteiger partial charge is 0.353 e. The summed E-state index contributed by atoms with van der Waals surface area (Å²) in [7, 11) is 0. The van der Waals surface area contributed by atoms with E-state index in [0.717, 1.165) is 38.5 Å². The maximum absolute atomic E-state index is 12.5. The molecule has 1 atom stereocenters. The van der Waals surface area contributed by atoms with Crippen LogP contribution in [-0.2, 0) is 4.79 Å². The molecular weight excluding hydrogens is 369 g/mol. The summed E-state index contributed by atoms with van der Waals surface area (Å²) in [5.74, 6) is 0.0143. The maximum Gasteiger partial charge on any atom is 0.240 e. The molecule has 0 aromatic heterocycles. The summed E-state index contributed by atoms with van der Waals surface area (Å²) in [6.45, 7) is 7.15. The first kappa shape index (κ1) is 25.2. The van der Waals surface area contributed by atoms with E-state index >= 15 is 0 Å². The Hall–Kier alpha value is -0.810. The van der Waals surface area contributed by atoms with Crippen molar-refractivity contribution in [2.45, 2.75) is 76.4 Å². The number of benzene rings is 1. The van der Waals surface area contributed by atoms with Crippen LogP contribution in [0.3, 0.4) is 0 Å². The molecule has 4 nitrogen and oxygen atoms in total. The molecule has 0 aliphatic heterocycles. The van der Waals surface area contributed by atoms with Crippen molar-refractivity contribution < 1.29 is 4.79 Å². The molecule has 26 heavy (non-hydrogen) atoms. The van der Waals surface area contributed by atoms with Crippen LogP contribution in [0.25, 0.3) is 0 Å². The molecule has 0 bridgehead atoms. The van der Waals surface area contributed by atoms with Gasteiger partial charge in [-0.15, -0.1) is 24.8 Å². The van der Waals surface area contributed by atoms with Gasteiger partial charge in [-0.3, -0.25) is 4.79 Å². The van der Waals surface area contributed by atoms with E-state index < -0.39 is 5.54 Å². The van der Waals surface area contributed by atoms with Crippen LogP contribution >= 0.6 is 24.8 Å². The first-order valence-electron chi connectivity index (χ1n) is 9.34. The van der Waals surface area contributed by atoms with Crippen molar-refractivity contribution in [2.24, 2.45) is 5.73 Å². The van der Waals surface area contributed by atoms with Gasteiger partial charge in [-0.05, 0) is 38.2 Å². The van der Waals surface area contributed by atoms with Crippen molar-refractivity contribution in [1.82, 2.24) is 10.6 Å². The highest BCUT2D eigenvalue weighted by Gasteiger charge is 2.38. The average Bonchev–Trinajstić information content (AvgIpc) is 3.07. The molecule has 1 amide bonds. The Morgan fingerprint density at radius 2 is 1.69 bits per heavy atom. The molecule has 1 aromatic rings. The third-order valence-electron chi connectivity index (χ3n) is 5.71. The van der Waals surface area contributed by atoms with Gasteiger partial charge in [-0.2, -0.15) is 0 Å². The van der Waals surface area contributed by atoms with Crippen LogP contribution in [0, 0.1) is 0 Å². The Morgan fingerprint density at radius 3 is 2.19 bits per heavy atom. The van der Waals surface area contributed by atoms with Crippen molar-refractivity contribution >= 4 is 30.7 Å². The molecule has 0 radical (unpaired) electrons. The predicted octanol–water partition coefficient (Wildman–Crippen LogP) is 4.13. The zero-order valence-electron chi connectivity index (χ0n) is 16.2. The topological polar surface area (TPSA) is 67.2 Å². The number of halogens is 2. The monoisotopic (exact) mass is 403 g/mol. The SMILES string of the molecule is CCC(CC)(CNC(=O)C1(N)CCCC1)NC(C)c1ccccc1.Cl.Cl. The Labute approximate surface area is 170 Å². The van der Waals surface area contributed by atoms with Gasteiger partial charge in [0.15, 0.2) is 0 Å². The fourth-order valence-electron chi connectivity index (χ4n) is 3.70. The van der Waals surface area contributed by atoms with Crippen molar-refractivity contribution in [3.8, 4) is 0 Å². The normalized spacial score (nSPS) is 16.9. The van der Waals surface area contributed by atoms with Gasteiger partial charge in [0.05, 0.1) is 5.54 Å². The minimum absolute atomic E-state index is 0. The second kappa shape index (κ2) is 11.1. The fourth-order valence-corrected chi connectivity index (χ4v) is 3.70. The molecule has 1 fully saturated rings. The van der Waals surface area contributed by atoms with Gasteiger partial charge in [0.1, 0.15) is 0 Å². The van der Waals surface area contributed by atoms with E-state index in [2.05, 4.69) is 55.7 Å². The van der Waals surface area contributed by atoms with E-state index in [0.29, 0.717) is 6.54 Å². The lowest BCUT2D eigenvalue weighted by Gasteiger charge is -2.37. The second-order valence-electron chi connectivity index (χ2n) is 7.31. The molecule has 0 heterocycles. The summed E-state index contributed by atoms with van der Waals surface area (Å²) < 4.78 is 0. The number of hydrogen-bond acceptors (Lipinski definition) is 3. The van der Waals surface area contributed by atoms with Crippen LogP contribution < -0.4 is 16.4 Å². The van der Waals surface area contributed by atoms with Crippen LogP contribution in [0.5, 0.6) is 0 Å². The number of carbonyl (C=O) groups is 1. The first-order chi connectivity index (χ1) is 11.4. The molecular formula is C20H35Cl2N3O. The van der Waals surface area contributed by atoms with Crippen LogP contribution in [0.1, 0.15) is 70.9 Å². The summed E-state index contributed by atoms with van der Waals surface area (Å²) in [5, 5.41) is 6.89. The molecule has 0 saturated heterocycles. The third kappa shape index (κ3) is 6.12. The van der Waals surface area contributed by atoms with Crippen LogP contribution in [0.4, 0.5) is 0 Å². The highest BCUT2D eigenvalue weighted by Crippen LogP contribution is 2.28. The molecule has 1 aliphatic carbocycles. The van der Waals surface area contributed by atoms with E-state index in [1.165, 1.54) is 5.56 Å². The first-order valence-corrected chi connectivity index (χ1v) is 9.34. The van der Waals surface area contributed by atoms with E-state index in [1.807, 2.05) is 6.07 Å². The standard InChI is InChI=1S/C20H33N3O.2ClH/c1-4-19(5-2,23-16(3)17-11-7-6-8-12-17)15-22-18(24)20(21)13-9-10-14-20;;/h6-8,11-12,16,23H,4-5,9-10,13-15,21H2,1-3H3,(H,22,24);2*1H. The molecule has 0 spiro atoms. The smallest absolute Gasteiger partial charge is 0.240 e. The molecule has 2 rings (SSSR count). The summed E-state index contributed by atoms with van der Waals surface area (Å²) >= 11 is 0. The van der Waals surface area contributed by atoms with Gasteiger partial charge in [-0.1, -0.05) is 57.0 Å². The zero-order valence-corrected chi connectivity index (χ0v) is 17.8. The number of nitrogens with one attached hydrogen (secondary N) is 2. The van der Waals surface area contributed by atoms with Crippen molar-refractivity contribution in [1.29, 1.82) is 0 Å². The zero-order chi connectivity index (χ0) is 17.6. The highest BCUT2D eigenvalue weighted by atomic mass is 35.5. The summed E-state index contributed by atoms with van der Waals surface area (Å²) in [4.78, 5) is 12.5. The average molecular weight is 404 g/mol. The second-order valence-corrected chi connectivity index (χ2v) is 7.31. The van der Waals surface area contributed by atoms with Gasteiger partial charge >= 0.3 is 0 Å². The van der Waals surface area contributed by atoms with E-state index in [9.17, 15) is 4.79 Å². The molecule has 1 aliphatic rings. The van der Waals surface area contributed by atoms with E-state index in [-0.39, 0.29) is 42.3 Å². The summed E-state index contributed by atoms with van der Waals surface area (Å²) in [6.07, 6.45) is 5.63. The number of nitrogens with two attached hydrogens (primary N) is 1. The lowest BCUT2D eigenvalue weighted by atomic mass is 9.89. The minimum atomic E-state index is -0.654. The van der Waals surface area contributed by atoms with Crippen molar-refractivity contribution in [3.63, 3.8) is 0 Å². The number of rotatable bonds is 8.